The summed E-state index contributed by atoms with van der Waals surface area (Å²) in [7, 11) is 0. The highest BCUT2D eigenvalue weighted by Gasteiger charge is 2.11. The van der Waals surface area contributed by atoms with Crippen LogP contribution in [0.25, 0.3) is 11.0 Å². The van der Waals surface area contributed by atoms with Crippen molar-refractivity contribution in [2.45, 2.75) is 13.8 Å². The first-order valence-corrected chi connectivity index (χ1v) is 8.15. The number of esters is 1. The third-order valence-corrected chi connectivity index (χ3v) is 3.59. The van der Waals surface area contributed by atoms with Crippen molar-refractivity contribution in [3.63, 3.8) is 0 Å². The van der Waals surface area contributed by atoms with E-state index in [0.29, 0.717) is 29.1 Å². The van der Waals surface area contributed by atoms with Crippen molar-refractivity contribution in [2.75, 3.05) is 13.2 Å². The summed E-state index contributed by atoms with van der Waals surface area (Å²) in [4.78, 5) is 23.9. The largest absolute Gasteiger partial charge is 0.482 e. The van der Waals surface area contributed by atoms with Crippen LogP contribution in [-0.2, 0) is 9.53 Å². The summed E-state index contributed by atoms with van der Waals surface area (Å²) in [5.41, 5.74) is 1.08. The normalized spacial score (nSPS) is 10.5. The maximum atomic E-state index is 12.6. The van der Waals surface area contributed by atoms with Crippen molar-refractivity contribution in [3.8, 4) is 17.2 Å². The second-order valence-electron chi connectivity index (χ2n) is 5.60. The summed E-state index contributed by atoms with van der Waals surface area (Å²) >= 11 is 0. The fraction of sp³-hybridized carbons (Fsp3) is 0.200. The van der Waals surface area contributed by atoms with Gasteiger partial charge in [0.2, 0.25) is 11.2 Å². The van der Waals surface area contributed by atoms with Gasteiger partial charge in [0.25, 0.3) is 0 Å². The van der Waals surface area contributed by atoms with E-state index in [9.17, 15) is 9.59 Å². The fourth-order valence-electron chi connectivity index (χ4n) is 2.40. The SMILES string of the molecule is CCOC(=O)COc1ccc2c(=O)c(Oc3cccc(C)c3)coc2c1. The smallest absolute Gasteiger partial charge is 0.344 e. The molecular formula is C20H18O6. The van der Waals surface area contributed by atoms with Crippen LogP contribution in [-0.4, -0.2) is 19.2 Å². The van der Waals surface area contributed by atoms with Crippen LogP contribution in [0.3, 0.4) is 0 Å². The molecule has 0 radical (unpaired) electrons. The van der Waals surface area contributed by atoms with E-state index >= 15 is 0 Å². The van der Waals surface area contributed by atoms with Crippen molar-refractivity contribution >= 4 is 16.9 Å². The van der Waals surface area contributed by atoms with Gasteiger partial charge in [0.05, 0.1) is 12.0 Å². The Hall–Kier alpha value is -3.28. The summed E-state index contributed by atoms with van der Waals surface area (Å²) in [5, 5.41) is 0.360. The molecular weight excluding hydrogens is 336 g/mol. The van der Waals surface area contributed by atoms with Gasteiger partial charge >= 0.3 is 5.97 Å². The molecule has 0 aliphatic carbocycles. The number of carbonyl (C=O) groups is 1. The Morgan fingerprint density at radius 1 is 1.12 bits per heavy atom. The first-order chi connectivity index (χ1) is 12.6. The molecule has 0 amide bonds. The number of aryl methyl sites for hydroxylation is 1. The Morgan fingerprint density at radius 3 is 2.73 bits per heavy atom. The third-order valence-electron chi connectivity index (χ3n) is 3.59. The van der Waals surface area contributed by atoms with Gasteiger partial charge in [-0.2, -0.15) is 0 Å². The molecule has 0 N–H and O–H groups in total. The van der Waals surface area contributed by atoms with Crippen molar-refractivity contribution in [2.24, 2.45) is 0 Å². The maximum Gasteiger partial charge on any atom is 0.344 e. The Labute approximate surface area is 149 Å². The Balaban J connectivity index is 1.82. The zero-order chi connectivity index (χ0) is 18.5. The van der Waals surface area contributed by atoms with Crippen LogP contribution >= 0.6 is 0 Å². The third kappa shape index (κ3) is 4.03. The second kappa shape index (κ2) is 7.74. The summed E-state index contributed by atoms with van der Waals surface area (Å²) in [5.74, 6) is 0.603. The molecule has 0 spiro atoms. The number of hydrogen-bond donors (Lipinski definition) is 0. The molecule has 0 saturated carbocycles. The van der Waals surface area contributed by atoms with Crippen LogP contribution < -0.4 is 14.9 Å². The number of rotatable bonds is 6. The highest BCUT2D eigenvalue weighted by atomic mass is 16.6. The molecule has 26 heavy (non-hydrogen) atoms. The van der Waals surface area contributed by atoms with Crippen LogP contribution in [0, 0.1) is 6.92 Å². The fourth-order valence-corrected chi connectivity index (χ4v) is 2.40. The van der Waals surface area contributed by atoms with Crippen molar-refractivity contribution in [1.82, 2.24) is 0 Å². The molecule has 3 rings (SSSR count). The summed E-state index contributed by atoms with van der Waals surface area (Å²) < 4.78 is 21.3. The molecule has 0 fully saturated rings. The van der Waals surface area contributed by atoms with Gasteiger partial charge in [0.1, 0.15) is 23.3 Å². The number of carbonyl (C=O) groups excluding carboxylic acids is 1. The maximum absolute atomic E-state index is 12.6. The minimum Gasteiger partial charge on any atom is -0.482 e. The van der Waals surface area contributed by atoms with E-state index in [1.165, 1.54) is 6.26 Å². The zero-order valence-electron chi connectivity index (χ0n) is 14.5. The monoisotopic (exact) mass is 354 g/mol. The van der Waals surface area contributed by atoms with Crippen LogP contribution in [0.5, 0.6) is 17.2 Å². The molecule has 0 unspecified atom stereocenters. The zero-order valence-corrected chi connectivity index (χ0v) is 14.5. The molecule has 134 valence electrons. The van der Waals surface area contributed by atoms with Gasteiger partial charge in [-0.15, -0.1) is 0 Å². The van der Waals surface area contributed by atoms with E-state index in [-0.39, 0.29) is 17.8 Å². The van der Waals surface area contributed by atoms with E-state index in [1.807, 2.05) is 25.1 Å². The van der Waals surface area contributed by atoms with Crippen molar-refractivity contribution in [3.05, 3.63) is 64.5 Å². The molecule has 0 atom stereocenters. The van der Waals surface area contributed by atoms with Gasteiger partial charge in [-0.3, -0.25) is 4.79 Å². The highest BCUT2D eigenvalue weighted by molar-refractivity contribution is 5.79. The predicted octanol–water partition coefficient (Wildman–Crippen LogP) is 3.84. The molecule has 3 aromatic rings. The lowest BCUT2D eigenvalue weighted by Crippen LogP contribution is -2.14. The van der Waals surface area contributed by atoms with Gasteiger partial charge < -0.3 is 18.6 Å². The van der Waals surface area contributed by atoms with E-state index in [1.54, 1.807) is 31.2 Å². The van der Waals surface area contributed by atoms with Crippen molar-refractivity contribution in [1.29, 1.82) is 0 Å². The number of fused-ring (bicyclic) bond motifs is 1. The second-order valence-corrected chi connectivity index (χ2v) is 5.60. The lowest BCUT2D eigenvalue weighted by molar-refractivity contribution is -0.145. The average Bonchev–Trinajstić information content (AvgIpc) is 2.63. The molecule has 0 saturated heterocycles. The standard InChI is InChI=1S/C20H18O6/c1-3-23-19(21)12-24-14-7-8-16-17(10-14)25-11-18(20(16)22)26-15-6-4-5-13(2)9-15/h4-11H,3,12H2,1-2H3. The molecule has 1 heterocycles. The number of benzene rings is 2. The van der Waals surface area contributed by atoms with Gasteiger partial charge in [0.15, 0.2) is 6.61 Å². The topological polar surface area (TPSA) is 75.0 Å². The van der Waals surface area contributed by atoms with Gasteiger partial charge in [0, 0.05) is 6.07 Å². The molecule has 0 aliphatic heterocycles. The van der Waals surface area contributed by atoms with E-state index in [0.717, 1.165) is 5.56 Å². The van der Waals surface area contributed by atoms with Crippen LogP contribution in [0.15, 0.2) is 57.9 Å². The summed E-state index contributed by atoms with van der Waals surface area (Å²) in [6.45, 7) is 3.74. The van der Waals surface area contributed by atoms with Gasteiger partial charge in [-0.1, -0.05) is 12.1 Å². The quantitative estimate of drug-likeness (QED) is 0.626. The number of ether oxygens (including phenoxy) is 3. The van der Waals surface area contributed by atoms with Crippen LogP contribution in [0.2, 0.25) is 0 Å². The minimum absolute atomic E-state index is 0.100. The average molecular weight is 354 g/mol. The molecule has 6 heteroatoms. The van der Waals surface area contributed by atoms with E-state index < -0.39 is 5.97 Å². The van der Waals surface area contributed by atoms with Crippen LogP contribution in [0.4, 0.5) is 0 Å². The lowest BCUT2D eigenvalue weighted by atomic mass is 10.2. The summed E-state index contributed by atoms with van der Waals surface area (Å²) in [6.07, 6.45) is 1.27. The van der Waals surface area contributed by atoms with Gasteiger partial charge in [-0.05, 0) is 43.7 Å². The number of hydrogen-bond acceptors (Lipinski definition) is 6. The van der Waals surface area contributed by atoms with Gasteiger partial charge in [-0.25, -0.2) is 4.79 Å². The first-order valence-electron chi connectivity index (χ1n) is 8.15. The molecule has 1 aromatic heterocycles. The van der Waals surface area contributed by atoms with Crippen LogP contribution in [0.1, 0.15) is 12.5 Å². The molecule has 0 aliphatic rings. The van der Waals surface area contributed by atoms with Crippen molar-refractivity contribution < 1.29 is 23.4 Å². The minimum atomic E-state index is -0.462. The summed E-state index contributed by atoms with van der Waals surface area (Å²) in [6, 6.07) is 12.1. The van der Waals surface area contributed by atoms with E-state index in [2.05, 4.69) is 0 Å². The van der Waals surface area contributed by atoms with E-state index in [4.69, 9.17) is 18.6 Å². The predicted molar refractivity (Wildman–Crippen MR) is 95.9 cm³/mol. The molecule has 0 bridgehead atoms. The molecule has 6 nitrogen and oxygen atoms in total. The first kappa shape index (κ1) is 17.5. The molecule has 2 aromatic carbocycles. The Bertz CT molecular complexity index is 989. The Morgan fingerprint density at radius 2 is 1.96 bits per heavy atom. The lowest BCUT2D eigenvalue weighted by Gasteiger charge is -2.08. The Kier molecular flexibility index (Phi) is 5.22. The highest BCUT2D eigenvalue weighted by Crippen LogP contribution is 2.24.